The molecule has 0 rings (SSSR count). The van der Waals surface area contributed by atoms with Gasteiger partial charge in [-0.3, -0.25) is 0 Å². The minimum atomic E-state index is 0.835. The van der Waals surface area contributed by atoms with Gasteiger partial charge < -0.3 is 5.73 Å². The van der Waals surface area contributed by atoms with E-state index in [-0.39, 0.29) is 0 Å². The van der Waals surface area contributed by atoms with Gasteiger partial charge in [-0.1, -0.05) is 51.5 Å². The zero-order valence-electron chi connectivity index (χ0n) is 10.0. The fourth-order valence-corrected chi connectivity index (χ4v) is 1.92. The monoisotopic (exact) mass is 229 g/mol. The summed E-state index contributed by atoms with van der Waals surface area (Å²) in [6, 6.07) is 0. The van der Waals surface area contributed by atoms with E-state index < -0.39 is 0 Å². The van der Waals surface area contributed by atoms with Crippen molar-refractivity contribution >= 4 is 12.6 Å². The Morgan fingerprint density at radius 3 is 1.60 bits per heavy atom. The van der Waals surface area contributed by atoms with E-state index in [9.17, 15) is 0 Å². The Morgan fingerprint density at radius 1 is 0.800 bits per heavy atom. The Labute approximate surface area is 101 Å². The van der Waals surface area contributed by atoms with Crippen molar-refractivity contribution in [3.8, 4) is 0 Å². The lowest BCUT2D eigenvalue weighted by molar-refractivity contribution is 0.565. The van der Waals surface area contributed by atoms with E-state index in [2.05, 4.69) is 19.2 Å². The Hall–Kier alpha value is -0.110. The molecule has 0 bridgehead atoms. The number of hydrogen-bond acceptors (Lipinski definition) is 2. The first-order valence-electron chi connectivity index (χ1n) is 6.31. The van der Waals surface area contributed by atoms with Crippen LogP contribution in [0.2, 0.25) is 0 Å². The van der Waals surface area contributed by atoms with Crippen LogP contribution in [0.5, 0.6) is 0 Å². The fraction of sp³-hybridized carbons (Fsp3) is 0.846. The second kappa shape index (κ2) is 12.0. The molecule has 0 aliphatic carbocycles. The Morgan fingerprint density at radius 2 is 1.20 bits per heavy atom. The van der Waals surface area contributed by atoms with Crippen molar-refractivity contribution in [2.45, 2.75) is 64.2 Å². The maximum Gasteiger partial charge on any atom is 0.000744 e. The lowest BCUT2D eigenvalue weighted by Crippen LogP contribution is -1.93. The summed E-state index contributed by atoms with van der Waals surface area (Å²) in [6.07, 6.45) is 13.1. The Balaban J connectivity index is 2.89. The van der Waals surface area contributed by atoms with Crippen LogP contribution in [0.25, 0.3) is 0 Å². The van der Waals surface area contributed by atoms with Gasteiger partial charge in [0.05, 0.1) is 0 Å². The van der Waals surface area contributed by atoms with Crippen LogP contribution in [-0.2, 0) is 0 Å². The summed E-state index contributed by atoms with van der Waals surface area (Å²) < 4.78 is 0. The molecule has 0 radical (unpaired) electrons. The van der Waals surface area contributed by atoms with E-state index in [4.69, 9.17) is 5.73 Å². The van der Waals surface area contributed by atoms with Gasteiger partial charge in [0, 0.05) is 5.70 Å². The molecule has 1 nitrogen and oxygen atoms in total. The highest BCUT2D eigenvalue weighted by molar-refractivity contribution is 7.80. The number of thiol groups is 1. The largest absolute Gasteiger partial charge is 0.403 e. The lowest BCUT2D eigenvalue weighted by Gasteiger charge is -2.02. The van der Waals surface area contributed by atoms with Crippen LogP contribution >= 0.6 is 12.6 Å². The van der Waals surface area contributed by atoms with Gasteiger partial charge in [0.15, 0.2) is 0 Å². The summed E-state index contributed by atoms with van der Waals surface area (Å²) in [5.74, 6) is 1.04. The van der Waals surface area contributed by atoms with Gasteiger partial charge in [-0.2, -0.15) is 12.6 Å². The molecule has 0 spiro atoms. The average molecular weight is 229 g/mol. The van der Waals surface area contributed by atoms with Crippen LogP contribution in [0.1, 0.15) is 64.2 Å². The third-order valence-electron chi connectivity index (χ3n) is 2.66. The molecule has 2 heteroatoms. The first-order valence-corrected chi connectivity index (χ1v) is 6.94. The van der Waals surface area contributed by atoms with Crippen molar-refractivity contribution in [3.05, 3.63) is 12.3 Å². The zero-order valence-corrected chi connectivity index (χ0v) is 10.9. The lowest BCUT2D eigenvalue weighted by atomic mass is 10.1. The normalized spacial score (nSPS) is 10.5. The highest BCUT2D eigenvalue weighted by Gasteiger charge is 1.92. The molecule has 15 heavy (non-hydrogen) atoms. The third-order valence-corrected chi connectivity index (χ3v) is 2.97. The van der Waals surface area contributed by atoms with Crippen molar-refractivity contribution < 1.29 is 0 Å². The number of nitrogens with two attached hydrogens (primary N) is 1. The molecule has 0 unspecified atom stereocenters. The van der Waals surface area contributed by atoms with Crippen LogP contribution in [0.3, 0.4) is 0 Å². The standard InChI is InChI=1S/C13H27NS/c1-13(14)11-9-7-5-3-2-4-6-8-10-12-15/h15H,1-12,14H2. The van der Waals surface area contributed by atoms with Crippen molar-refractivity contribution in [1.82, 2.24) is 0 Å². The maximum absolute atomic E-state index is 5.50. The molecule has 90 valence electrons. The van der Waals surface area contributed by atoms with Crippen LogP contribution in [0.4, 0.5) is 0 Å². The van der Waals surface area contributed by atoms with Crippen molar-refractivity contribution in [2.75, 3.05) is 5.75 Å². The number of unbranched alkanes of at least 4 members (excludes halogenated alkanes) is 8. The summed E-state index contributed by atoms with van der Waals surface area (Å²) in [5.41, 5.74) is 6.34. The van der Waals surface area contributed by atoms with Crippen LogP contribution in [0.15, 0.2) is 12.3 Å². The molecule has 0 aromatic rings. The molecule has 0 saturated heterocycles. The highest BCUT2D eigenvalue weighted by Crippen LogP contribution is 2.11. The zero-order chi connectivity index (χ0) is 11.4. The van der Waals surface area contributed by atoms with Gasteiger partial charge in [-0.05, 0) is 25.0 Å². The summed E-state index contributed by atoms with van der Waals surface area (Å²) in [6.45, 7) is 3.70. The number of hydrogen-bond donors (Lipinski definition) is 2. The summed E-state index contributed by atoms with van der Waals surface area (Å²) in [4.78, 5) is 0. The predicted octanol–water partition coefficient (Wildman–Crippen LogP) is 4.29. The molecule has 0 amide bonds. The SMILES string of the molecule is C=C(N)CCCCCCCCCCCS. The van der Waals surface area contributed by atoms with Gasteiger partial charge in [-0.25, -0.2) is 0 Å². The minimum Gasteiger partial charge on any atom is -0.403 e. The van der Waals surface area contributed by atoms with E-state index in [0.29, 0.717) is 0 Å². The van der Waals surface area contributed by atoms with Crippen LogP contribution in [-0.4, -0.2) is 5.75 Å². The second-order valence-electron chi connectivity index (χ2n) is 4.31. The summed E-state index contributed by atoms with van der Waals surface area (Å²) in [7, 11) is 0. The molecular weight excluding hydrogens is 202 g/mol. The molecule has 0 aliphatic rings. The molecule has 0 aliphatic heterocycles. The minimum absolute atomic E-state index is 0.835. The van der Waals surface area contributed by atoms with Gasteiger partial charge in [0.2, 0.25) is 0 Å². The van der Waals surface area contributed by atoms with Crippen molar-refractivity contribution in [1.29, 1.82) is 0 Å². The molecule has 0 fully saturated rings. The first kappa shape index (κ1) is 14.9. The van der Waals surface area contributed by atoms with E-state index in [0.717, 1.165) is 17.9 Å². The van der Waals surface area contributed by atoms with Gasteiger partial charge in [0.1, 0.15) is 0 Å². The smallest absolute Gasteiger partial charge is 0.000744 e. The average Bonchev–Trinajstić information content (AvgIpc) is 2.20. The molecule has 0 aromatic carbocycles. The third kappa shape index (κ3) is 13.9. The number of rotatable bonds is 11. The molecule has 2 N–H and O–H groups in total. The molecular formula is C13H27NS. The highest BCUT2D eigenvalue weighted by atomic mass is 32.1. The molecule has 0 aromatic heterocycles. The molecule has 0 heterocycles. The quantitative estimate of drug-likeness (QED) is 0.401. The van der Waals surface area contributed by atoms with Gasteiger partial charge >= 0.3 is 0 Å². The topological polar surface area (TPSA) is 26.0 Å². The van der Waals surface area contributed by atoms with Crippen LogP contribution in [0, 0.1) is 0 Å². The Bertz CT molecular complexity index is 145. The first-order chi connectivity index (χ1) is 7.27. The summed E-state index contributed by atoms with van der Waals surface area (Å²) in [5, 5.41) is 0. The number of allylic oxidation sites excluding steroid dienone is 1. The molecule has 0 atom stereocenters. The maximum atomic E-state index is 5.50. The van der Waals surface area contributed by atoms with Gasteiger partial charge in [-0.15, -0.1) is 0 Å². The second-order valence-corrected chi connectivity index (χ2v) is 4.76. The van der Waals surface area contributed by atoms with E-state index in [1.807, 2.05) is 0 Å². The molecule has 0 saturated carbocycles. The van der Waals surface area contributed by atoms with Crippen molar-refractivity contribution in [3.63, 3.8) is 0 Å². The summed E-state index contributed by atoms with van der Waals surface area (Å²) >= 11 is 4.20. The van der Waals surface area contributed by atoms with Crippen molar-refractivity contribution in [2.24, 2.45) is 5.73 Å². The Kier molecular flexibility index (Phi) is 11.9. The van der Waals surface area contributed by atoms with E-state index in [1.165, 1.54) is 57.8 Å². The predicted molar refractivity (Wildman–Crippen MR) is 73.4 cm³/mol. The van der Waals surface area contributed by atoms with E-state index >= 15 is 0 Å². The fourth-order valence-electron chi connectivity index (χ4n) is 1.70. The van der Waals surface area contributed by atoms with Crippen LogP contribution < -0.4 is 5.73 Å². The van der Waals surface area contributed by atoms with E-state index in [1.54, 1.807) is 0 Å². The van der Waals surface area contributed by atoms with Gasteiger partial charge in [0.25, 0.3) is 0 Å².